The van der Waals surface area contributed by atoms with Gasteiger partial charge in [-0.2, -0.15) is 0 Å². The van der Waals surface area contributed by atoms with Crippen LogP contribution in [0, 0.1) is 29.1 Å². The van der Waals surface area contributed by atoms with Crippen LogP contribution in [0.2, 0.25) is 0 Å². The SMILES string of the molecule is CCC(C)(C)C(=O)O[C@H]1C[C@@H](C)C=C2C=C[C@H](C)[C@H](CC[C@H](O)CC=CC(=O)[O-])[C@H]21.[Na+]. The number of aliphatic carboxylic acids is 1. The van der Waals surface area contributed by atoms with Gasteiger partial charge in [-0.3, -0.25) is 4.79 Å². The Morgan fingerprint density at radius 1 is 1.35 bits per heavy atom. The Hall–Kier alpha value is -0.880. The third-order valence-electron chi connectivity index (χ3n) is 6.79. The van der Waals surface area contributed by atoms with Crippen molar-refractivity contribution >= 4 is 11.9 Å². The van der Waals surface area contributed by atoms with E-state index >= 15 is 0 Å². The number of rotatable bonds is 9. The van der Waals surface area contributed by atoms with E-state index in [9.17, 15) is 19.8 Å². The minimum Gasteiger partial charge on any atom is -0.545 e. The standard InChI is InChI=1S/C25H38O5.Na/c1-6-25(4,5)24(29)30-21-15-16(2)14-18-11-10-17(3)20(23(18)21)13-12-19(26)8-7-9-22(27)28;/h7,9-11,14,16-17,19-21,23,26H,6,8,12-13,15H2,1-5H3,(H,27,28);/q;+1/p-1/t16-,17-,19+,20-,21-,23-;/m0./s1. The molecule has 0 saturated heterocycles. The van der Waals surface area contributed by atoms with Gasteiger partial charge in [0.1, 0.15) is 6.10 Å². The number of esters is 1. The van der Waals surface area contributed by atoms with Crippen molar-refractivity contribution in [2.45, 2.75) is 78.9 Å². The second kappa shape index (κ2) is 12.4. The van der Waals surface area contributed by atoms with E-state index in [2.05, 4.69) is 32.1 Å². The van der Waals surface area contributed by atoms with E-state index in [-0.39, 0.29) is 53.5 Å². The van der Waals surface area contributed by atoms with Crippen molar-refractivity contribution in [2.75, 3.05) is 0 Å². The van der Waals surface area contributed by atoms with E-state index in [1.807, 2.05) is 20.8 Å². The van der Waals surface area contributed by atoms with Crippen molar-refractivity contribution in [1.82, 2.24) is 0 Å². The molecule has 2 rings (SSSR count). The predicted octanol–water partition coefficient (Wildman–Crippen LogP) is 0.580. The Morgan fingerprint density at radius 3 is 2.65 bits per heavy atom. The molecule has 0 unspecified atom stereocenters. The topological polar surface area (TPSA) is 86.7 Å². The van der Waals surface area contributed by atoms with Crippen LogP contribution in [0.25, 0.3) is 0 Å². The van der Waals surface area contributed by atoms with Crippen molar-refractivity contribution in [3.05, 3.63) is 36.0 Å². The van der Waals surface area contributed by atoms with Gasteiger partial charge in [-0.05, 0) is 75.4 Å². The predicted molar refractivity (Wildman–Crippen MR) is 115 cm³/mol. The van der Waals surface area contributed by atoms with E-state index in [0.29, 0.717) is 24.7 Å². The molecule has 0 heterocycles. The molecule has 0 aliphatic heterocycles. The van der Waals surface area contributed by atoms with Gasteiger partial charge in [0, 0.05) is 5.92 Å². The molecule has 1 N–H and O–H groups in total. The molecule has 168 valence electrons. The van der Waals surface area contributed by atoms with Gasteiger partial charge in [0.2, 0.25) is 0 Å². The third kappa shape index (κ3) is 7.88. The van der Waals surface area contributed by atoms with Crippen LogP contribution in [0.3, 0.4) is 0 Å². The monoisotopic (exact) mass is 440 g/mol. The summed E-state index contributed by atoms with van der Waals surface area (Å²) in [5.41, 5.74) is 0.729. The van der Waals surface area contributed by atoms with Gasteiger partial charge in [0.15, 0.2) is 0 Å². The normalized spacial score (nSPS) is 29.0. The number of fused-ring (bicyclic) bond motifs is 1. The Kier molecular flexibility index (Phi) is 11.2. The average Bonchev–Trinajstić information content (AvgIpc) is 2.66. The number of hydrogen-bond acceptors (Lipinski definition) is 5. The maximum absolute atomic E-state index is 12.8. The summed E-state index contributed by atoms with van der Waals surface area (Å²) in [6.45, 7) is 10.2. The van der Waals surface area contributed by atoms with Gasteiger partial charge in [0.05, 0.1) is 17.5 Å². The number of ether oxygens (including phenoxy) is 1. The molecule has 6 heteroatoms. The fraction of sp³-hybridized carbons (Fsp3) is 0.680. The number of aliphatic hydroxyl groups excluding tert-OH is 1. The maximum atomic E-state index is 12.8. The Labute approximate surface area is 209 Å². The minimum atomic E-state index is -1.25. The summed E-state index contributed by atoms with van der Waals surface area (Å²) in [6, 6.07) is 0. The molecule has 5 nitrogen and oxygen atoms in total. The van der Waals surface area contributed by atoms with Crippen LogP contribution < -0.4 is 34.7 Å². The van der Waals surface area contributed by atoms with Gasteiger partial charge in [-0.15, -0.1) is 0 Å². The van der Waals surface area contributed by atoms with E-state index in [4.69, 9.17) is 4.74 Å². The number of hydrogen-bond donors (Lipinski definition) is 1. The zero-order valence-electron chi connectivity index (χ0n) is 20.0. The number of carbonyl (C=O) groups excluding carboxylic acids is 2. The van der Waals surface area contributed by atoms with Crippen LogP contribution in [0.1, 0.15) is 66.7 Å². The Morgan fingerprint density at radius 2 is 2.03 bits per heavy atom. The summed E-state index contributed by atoms with van der Waals surface area (Å²) in [5, 5.41) is 20.8. The summed E-state index contributed by atoms with van der Waals surface area (Å²) < 4.78 is 6.10. The fourth-order valence-electron chi connectivity index (χ4n) is 4.49. The largest absolute Gasteiger partial charge is 1.00 e. The van der Waals surface area contributed by atoms with Crippen LogP contribution in [0.15, 0.2) is 36.0 Å². The molecule has 0 aromatic carbocycles. The first-order valence-electron chi connectivity index (χ1n) is 11.2. The van der Waals surface area contributed by atoms with Crippen LogP contribution in [-0.4, -0.2) is 29.3 Å². The van der Waals surface area contributed by atoms with E-state index in [0.717, 1.165) is 25.3 Å². The van der Waals surface area contributed by atoms with Gasteiger partial charge in [-0.25, -0.2) is 0 Å². The van der Waals surface area contributed by atoms with Crippen LogP contribution in [-0.2, 0) is 14.3 Å². The van der Waals surface area contributed by atoms with E-state index < -0.39 is 17.5 Å². The quantitative estimate of drug-likeness (QED) is 0.322. The molecule has 2 aliphatic rings. The molecule has 0 amide bonds. The Bertz CT molecular complexity index is 709. The van der Waals surface area contributed by atoms with Crippen LogP contribution in [0.5, 0.6) is 0 Å². The fourth-order valence-corrected chi connectivity index (χ4v) is 4.49. The Balaban J connectivity index is 0.00000480. The molecular weight excluding hydrogens is 403 g/mol. The minimum absolute atomic E-state index is 0. The van der Waals surface area contributed by atoms with Gasteiger partial charge in [0.25, 0.3) is 0 Å². The van der Waals surface area contributed by atoms with Gasteiger partial charge in [-0.1, -0.05) is 45.1 Å². The van der Waals surface area contributed by atoms with Gasteiger partial charge >= 0.3 is 35.5 Å². The summed E-state index contributed by atoms with van der Waals surface area (Å²) in [7, 11) is 0. The van der Waals surface area contributed by atoms with E-state index in [1.165, 1.54) is 11.6 Å². The second-order valence-corrected chi connectivity index (χ2v) is 9.66. The van der Waals surface area contributed by atoms with Crippen LogP contribution >= 0.6 is 0 Å². The average molecular weight is 441 g/mol. The third-order valence-corrected chi connectivity index (χ3v) is 6.79. The van der Waals surface area contributed by atoms with Crippen molar-refractivity contribution in [3.8, 4) is 0 Å². The van der Waals surface area contributed by atoms with Crippen molar-refractivity contribution in [1.29, 1.82) is 0 Å². The number of carbonyl (C=O) groups is 2. The van der Waals surface area contributed by atoms with Crippen molar-refractivity contribution < 1.29 is 54.1 Å². The molecule has 0 saturated carbocycles. The maximum Gasteiger partial charge on any atom is 1.00 e. The number of carboxylic acid groups (broad SMARTS) is 1. The molecule has 6 atom stereocenters. The molecule has 0 radical (unpaired) electrons. The summed E-state index contributed by atoms with van der Waals surface area (Å²) >= 11 is 0. The first kappa shape index (κ1) is 28.2. The van der Waals surface area contributed by atoms with Gasteiger partial charge < -0.3 is 19.7 Å². The zero-order chi connectivity index (χ0) is 22.5. The first-order chi connectivity index (χ1) is 14.0. The first-order valence-corrected chi connectivity index (χ1v) is 11.2. The molecule has 31 heavy (non-hydrogen) atoms. The second-order valence-electron chi connectivity index (χ2n) is 9.66. The summed E-state index contributed by atoms with van der Waals surface area (Å²) in [6.07, 6.45) is 11.5. The van der Waals surface area contributed by atoms with E-state index in [1.54, 1.807) is 0 Å². The van der Waals surface area contributed by atoms with Crippen LogP contribution in [0.4, 0.5) is 0 Å². The molecule has 0 aromatic rings. The molecule has 2 aliphatic carbocycles. The molecule has 0 aromatic heterocycles. The zero-order valence-corrected chi connectivity index (χ0v) is 22.0. The smallest absolute Gasteiger partial charge is 0.545 e. The molecule has 0 fully saturated rings. The number of allylic oxidation sites excluding steroid dienone is 3. The summed E-state index contributed by atoms with van der Waals surface area (Å²) in [4.78, 5) is 23.3. The molecule has 0 bridgehead atoms. The number of aliphatic hydroxyl groups is 1. The molecule has 0 spiro atoms. The number of carboxylic acids is 1. The summed E-state index contributed by atoms with van der Waals surface area (Å²) in [5.74, 6) is -0.347. The van der Waals surface area contributed by atoms with Crippen molar-refractivity contribution in [2.24, 2.45) is 29.1 Å². The molecular formula is C25H37NaO5. The van der Waals surface area contributed by atoms with Crippen molar-refractivity contribution in [3.63, 3.8) is 0 Å².